The lowest BCUT2D eigenvalue weighted by Crippen LogP contribution is -2.74. The number of nitrogens with zero attached hydrogens (tertiary/aromatic N) is 5. The molecule has 3 aromatic rings. The molecule has 2 N–H and O–H groups in total. The SMILES string of the molecule is CC1(C)C(NC(=O)c2ccc(N3CCN(CCCCCOc4ccc5c(c4)C(=O)N(C4CCC(=O)NC4=O)C5=O)CC3)cn2)C(C)(C)C1Oc1ccc(C#N)c(C(F)(F)F)c1. The molecule has 14 nitrogen and oxygen atoms in total. The molecule has 4 heterocycles. The van der Waals surface area contributed by atoms with Gasteiger partial charge in [0, 0.05) is 49.5 Å². The number of pyridine rings is 1. The van der Waals surface area contributed by atoms with E-state index in [0.29, 0.717) is 12.4 Å². The topological polar surface area (TPSA) is 174 Å². The summed E-state index contributed by atoms with van der Waals surface area (Å²) in [6, 6.07) is 11.8. The van der Waals surface area contributed by atoms with Crippen molar-refractivity contribution in [1.82, 2.24) is 25.4 Å². The molecule has 1 aliphatic carbocycles. The highest BCUT2D eigenvalue weighted by atomic mass is 19.4. The second kappa shape index (κ2) is 16.8. The fraction of sp³-hybridized carbons (Fsp3) is 0.477. The number of rotatable bonds is 13. The maximum atomic E-state index is 13.6. The molecule has 61 heavy (non-hydrogen) atoms. The van der Waals surface area contributed by atoms with Crippen LogP contribution in [0.5, 0.6) is 11.5 Å². The van der Waals surface area contributed by atoms with Crippen LogP contribution >= 0.6 is 0 Å². The molecule has 1 saturated carbocycles. The maximum Gasteiger partial charge on any atom is 0.417 e. The van der Waals surface area contributed by atoms with Gasteiger partial charge in [0.05, 0.1) is 46.8 Å². The standard InChI is InChI=1S/C44H48F3N7O7/c1-42(2)40(43(3,4)41(42)61-29-10-8-26(24-48)32(23-29)44(45,46)47)51-36(56)33-13-9-27(25-49-33)53-19-17-52(18-20-53)16-6-5-7-21-60-28-11-12-30-31(22-28)39(59)54(38(30)58)34-14-15-35(55)50-37(34)57/h8-13,22-23,25,34,40-41H,5-7,14-21H2,1-4H3,(H,51,56)(H,50,55,57). The number of alkyl halides is 3. The monoisotopic (exact) mass is 843 g/mol. The van der Waals surface area contributed by atoms with Crippen LogP contribution in [0.15, 0.2) is 54.7 Å². The van der Waals surface area contributed by atoms with Crippen molar-refractivity contribution in [2.24, 2.45) is 10.8 Å². The van der Waals surface area contributed by atoms with Crippen LogP contribution in [0, 0.1) is 22.2 Å². The quantitative estimate of drug-likeness (QED) is 0.168. The molecule has 5 amide bonds. The summed E-state index contributed by atoms with van der Waals surface area (Å²) in [6.45, 7) is 12.3. The van der Waals surface area contributed by atoms with Gasteiger partial charge in [-0.2, -0.15) is 18.4 Å². The molecule has 0 spiro atoms. The average Bonchev–Trinajstić information content (AvgIpc) is 3.47. The van der Waals surface area contributed by atoms with Crippen molar-refractivity contribution >= 4 is 35.2 Å². The second-order valence-electron chi connectivity index (χ2n) is 17.2. The van der Waals surface area contributed by atoms with Gasteiger partial charge in [-0.3, -0.25) is 39.1 Å². The van der Waals surface area contributed by atoms with Gasteiger partial charge < -0.3 is 19.7 Å². The van der Waals surface area contributed by atoms with E-state index < -0.39 is 63.9 Å². The van der Waals surface area contributed by atoms with Gasteiger partial charge in [0.25, 0.3) is 17.7 Å². The number of piperazine rings is 1. The normalized spacial score (nSPS) is 22.2. The van der Waals surface area contributed by atoms with E-state index in [1.165, 1.54) is 18.2 Å². The molecule has 2 saturated heterocycles. The number of unbranched alkanes of at least 4 members (excludes halogenated alkanes) is 2. The van der Waals surface area contributed by atoms with E-state index >= 15 is 0 Å². The first-order valence-corrected chi connectivity index (χ1v) is 20.4. The molecular weight excluding hydrogens is 796 g/mol. The number of fused-ring (bicyclic) bond motifs is 1. The number of carbonyl (C=O) groups is 5. The molecule has 7 rings (SSSR count). The van der Waals surface area contributed by atoms with Crippen LogP contribution in [0.4, 0.5) is 18.9 Å². The Balaban J connectivity index is 0.817. The van der Waals surface area contributed by atoms with E-state index in [-0.39, 0.29) is 47.4 Å². The first-order chi connectivity index (χ1) is 28.9. The Bertz CT molecular complexity index is 2250. The largest absolute Gasteiger partial charge is 0.494 e. The predicted octanol–water partition coefficient (Wildman–Crippen LogP) is 5.36. The predicted molar refractivity (Wildman–Crippen MR) is 215 cm³/mol. The minimum atomic E-state index is -4.71. The number of ether oxygens (including phenoxy) is 2. The number of nitrogens with one attached hydrogen (secondary N) is 2. The summed E-state index contributed by atoms with van der Waals surface area (Å²) < 4.78 is 52.7. The molecule has 3 aliphatic heterocycles. The van der Waals surface area contributed by atoms with Crippen molar-refractivity contribution in [3.8, 4) is 17.6 Å². The third-order valence-electron chi connectivity index (χ3n) is 12.3. The van der Waals surface area contributed by atoms with Gasteiger partial charge in [-0.15, -0.1) is 0 Å². The Labute approximate surface area is 351 Å². The van der Waals surface area contributed by atoms with Crippen LogP contribution in [0.2, 0.25) is 0 Å². The molecule has 3 fully saturated rings. The van der Waals surface area contributed by atoms with Gasteiger partial charge in [0.1, 0.15) is 29.3 Å². The van der Waals surface area contributed by atoms with Crippen LogP contribution in [0.1, 0.15) is 102 Å². The highest BCUT2D eigenvalue weighted by Gasteiger charge is 2.64. The van der Waals surface area contributed by atoms with Crippen LogP contribution in [0.3, 0.4) is 0 Å². The number of benzene rings is 2. The number of nitriles is 1. The van der Waals surface area contributed by atoms with Crippen molar-refractivity contribution < 1.29 is 46.6 Å². The van der Waals surface area contributed by atoms with Crippen LogP contribution in [-0.2, 0) is 15.8 Å². The summed E-state index contributed by atoms with van der Waals surface area (Å²) in [5, 5.41) is 14.4. The lowest BCUT2D eigenvalue weighted by Gasteiger charge is -2.63. The van der Waals surface area contributed by atoms with Crippen molar-refractivity contribution in [1.29, 1.82) is 5.26 Å². The Morgan fingerprint density at radius 3 is 2.28 bits per heavy atom. The average molecular weight is 844 g/mol. The van der Waals surface area contributed by atoms with Crippen molar-refractivity contribution in [2.75, 3.05) is 44.2 Å². The molecule has 2 aromatic carbocycles. The van der Waals surface area contributed by atoms with Gasteiger partial charge in [-0.25, -0.2) is 4.98 Å². The Kier molecular flexibility index (Phi) is 11.9. The summed E-state index contributed by atoms with van der Waals surface area (Å²) in [6.07, 6.45) is -0.683. The molecule has 1 unspecified atom stereocenters. The minimum Gasteiger partial charge on any atom is -0.494 e. The molecular formula is C44H48F3N7O7. The number of amides is 5. The summed E-state index contributed by atoms with van der Waals surface area (Å²) in [4.78, 5) is 73.3. The number of hydrogen-bond acceptors (Lipinski definition) is 11. The Morgan fingerprint density at radius 1 is 0.918 bits per heavy atom. The number of aromatic nitrogens is 1. The highest BCUT2D eigenvalue weighted by Crippen LogP contribution is 2.55. The van der Waals surface area contributed by atoms with E-state index in [4.69, 9.17) is 14.7 Å². The second-order valence-corrected chi connectivity index (χ2v) is 17.2. The van der Waals surface area contributed by atoms with E-state index in [1.807, 2.05) is 33.8 Å². The van der Waals surface area contributed by atoms with E-state index in [0.717, 1.165) is 74.7 Å². The zero-order valence-corrected chi connectivity index (χ0v) is 34.4. The van der Waals surface area contributed by atoms with Gasteiger partial charge in [0.2, 0.25) is 11.8 Å². The molecule has 1 atom stereocenters. The van der Waals surface area contributed by atoms with E-state index in [1.54, 1.807) is 24.4 Å². The fourth-order valence-corrected chi connectivity index (χ4v) is 9.35. The number of imide groups is 2. The lowest BCUT2D eigenvalue weighted by atomic mass is 9.49. The number of halogens is 3. The zero-order valence-electron chi connectivity index (χ0n) is 34.4. The van der Waals surface area contributed by atoms with Crippen LogP contribution in [0.25, 0.3) is 0 Å². The van der Waals surface area contributed by atoms with Gasteiger partial charge in [-0.05, 0) is 80.8 Å². The van der Waals surface area contributed by atoms with E-state index in [9.17, 15) is 37.1 Å². The lowest BCUT2D eigenvalue weighted by molar-refractivity contribution is -0.164. The van der Waals surface area contributed by atoms with Gasteiger partial charge in [0.15, 0.2) is 0 Å². The first kappa shape index (κ1) is 43.1. The number of anilines is 1. The van der Waals surface area contributed by atoms with Gasteiger partial charge in [-0.1, -0.05) is 27.7 Å². The smallest absolute Gasteiger partial charge is 0.417 e. The molecule has 0 bridgehead atoms. The Hall–Kier alpha value is -6.02. The van der Waals surface area contributed by atoms with Crippen molar-refractivity contribution in [2.45, 2.75) is 84.2 Å². The number of piperidine rings is 1. The van der Waals surface area contributed by atoms with Crippen LogP contribution < -0.4 is 25.0 Å². The van der Waals surface area contributed by atoms with E-state index in [2.05, 4.69) is 25.4 Å². The molecule has 4 aliphatic rings. The zero-order chi connectivity index (χ0) is 43.9. The Morgan fingerprint density at radius 2 is 1.62 bits per heavy atom. The van der Waals surface area contributed by atoms with Crippen molar-refractivity contribution in [3.05, 3.63) is 82.7 Å². The number of carbonyl (C=O) groups excluding carboxylic acids is 5. The highest BCUT2D eigenvalue weighted by molar-refractivity contribution is 6.23. The maximum absolute atomic E-state index is 13.6. The first-order valence-electron chi connectivity index (χ1n) is 20.4. The summed E-state index contributed by atoms with van der Waals surface area (Å²) in [5.74, 6) is -2.09. The minimum absolute atomic E-state index is 0.00115. The summed E-state index contributed by atoms with van der Waals surface area (Å²) in [5.41, 5.74) is -1.26. The van der Waals surface area contributed by atoms with Gasteiger partial charge >= 0.3 is 6.18 Å². The van der Waals surface area contributed by atoms with Crippen LogP contribution in [-0.4, -0.2) is 102 Å². The molecule has 17 heteroatoms. The summed E-state index contributed by atoms with van der Waals surface area (Å²) >= 11 is 0. The fourth-order valence-electron chi connectivity index (χ4n) is 9.35. The molecule has 0 radical (unpaired) electrons. The third-order valence-corrected chi connectivity index (χ3v) is 12.3. The number of hydrogen-bond donors (Lipinski definition) is 2. The molecule has 322 valence electrons. The summed E-state index contributed by atoms with van der Waals surface area (Å²) in [7, 11) is 0. The van der Waals surface area contributed by atoms with Crippen molar-refractivity contribution in [3.63, 3.8) is 0 Å². The third kappa shape index (κ3) is 8.63. The molecule has 1 aromatic heterocycles.